The summed E-state index contributed by atoms with van der Waals surface area (Å²) >= 11 is 0. The van der Waals surface area contributed by atoms with Gasteiger partial charge in [-0.25, -0.2) is 13.2 Å². The highest BCUT2D eigenvalue weighted by Crippen LogP contribution is 2.37. The quantitative estimate of drug-likeness (QED) is 0.346. The van der Waals surface area contributed by atoms with E-state index in [1.807, 2.05) is 24.3 Å². The fourth-order valence-electron chi connectivity index (χ4n) is 4.81. The summed E-state index contributed by atoms with van der Waals surface area (Å²) < 4.78 is 42.9. The number of hydrogen-bond acceptors (Lipinski definition) is 0. The molecule has 4 rings (SSSR count). The van der Waals surface area contributed by atoms with Gasteiger partial charge in [-0.05, 0) is 71.7 Å². The van der Waals surface area contributed by atoms with Crippen LogP contribution in [0.3, 0.4) is 0 Å². The first kappa shape index (κ1) is 21.0. The van der Waals surface area contributed by atoms with Crippen LogP contribution in [0.2, 0.25) is 0 Å². The third-order valence-electron chi connectivity index (χ3n) is 6.56. The number of halogens is 3. The average Bonchev–Trinajstić information content (AvgIpc) is 2.76. The van der Waals surface area contributed by atoms with Gasteiger partial charge in [-0.2, -0.15) is 0 Å². The molecule has 0 bridgehead atoms. The number of rotatable bonds is 7. The van der Waals surface area contributed by atoms with Crippen LogP contribution in [0.4, 0.5) is 13.2 Å². The summed E-state index contributed by atoms with van der Waals surface area (Å²) in [5.41, 5.74) is 3.19. The summed E-state index contributed by atoms with van der Waals surface area (Å²) in [6.07, 6.45) is 8.88. The van der Waals surface area contributed by atoms with E-state index >= 15 is 4.39 Å². The lowest BCUT2D eigenvalue weighted by molar-refractivity contribution is 0.473. The summed E-state index contributed by atoms with van der Waals surface area (Å²) in [5, 5.41) is 1.59. The van der Waals surface area contributed by atoms with Gasteiger partial charge < -0.3 is 0 Å². The van der Waals surface area contributed by atoms with E-state index < -0.39 is 11.6 Å². The topological polar surface area (TPSA) is 0 Å². The molecule has 3 aromatic rings. The van der Waals surface area contributed by atoms with Crippen molar-refractivity contribution in [1.82, 2.24) is 0 Å². The van der Waals surface area contributed by atoms with E-state index in [-0.39, 0.29) is 11.7 Å². The van der Waals surface area contributed by atoms with Crippen molar-refractivity contribution in [3.8, 4) is 0 Å². The van der Waals surface area contributed by atoms with Crippen LogP contribution in [0.25, 0.3) is 10.8 Å². The van der Waals surface area contributed by atoms with Crippen molar-refractivity contribution in [3.63, 3.8) is 0 Å². The zero-order chi connectivity index (χ0) is 21.1. The van der Waals surface area contributed by atoms with Crippen LogP contribution in [0.5, 0.6) is 0 Å². The normalized spacial score (nSPS) is 16.1. The lowest BCUT2D eigenvalue weighted by Gasteiger charge is -2.26. The minimum absolute atomic E-state index is 0.00926. The number of benzene rings is 3. The van der Waals surface area contributed by atoms with Gasteiger partial charge in [-0.3, -0.25) is 0 Å². The van der Waals surface area contributed by atoms with Gasteiger partial charge in [-0.1, -0.05) is 69.0 Å². The molecule has 30 heavy (non-hydrogen) atoms. The molecular weight excluding hydrogens is 381 g/mol. The first-order chi connectivity index (χ1) is 14.6. The third-order valence-corrected chi connectivity index (χ3v) is 6.56. The van der Waals surface area contributed by atoms with Crippen LogP contribution in [0.15, 0.2) is 42.5 Å². The molecule has 3 aromatic carbocycles. The van der Waals surface area contributed by atoms with Crippen LogP contribution in [0.1, 0.15) is 73.6 Å². The van der Waals surface area contributed by atoms with Crippen LogP contribution >= 0.6 is 0 Å². The summed E-state index contributed by atoms with van der Waals surface area (Å²) in [7, 11) is 0. The van der Waals surface area contributed by atoms with E-state index in [9.17, 15) is 8.78 Å². The Hall–Kier alpha value is -2.29. The second kappa shape index (κ2) is 9.24. The Labute approximate surface area is 177 Å². The van der Waals surface area contributed by atoms with Gasteiger partial charge in [0.25, 0.3) is 0 Å². The standard InChI is InChI=1S/C27H29F3/c1-2-3-4-5-6-7-18-8-12-22-19(16-18)9-13-23(26(22)29)20-10-14-24-21(17-20)11-15-25(28)27(24)30/h8-9,11-13,15-16,20H,2-7,10,14,17H2,1H3. The molecule has 0 spiro atoms. The second-order valence-electron chi connectivity index (χ2n) is 8.63. The Morgan fingerprint density at radius 1 is 0.867 bits per heavy atom. The maximum Gasteiger partial charge on any atom is 0.162 e. The smallest absolute Gasteiger partial charge is 0.162 e. The Morgan fingerprint density at radius 2 is 1.70 bits per heavy atom. The molecule has 1 unspecified atom stereocenters. The van der Waals surface area contributed by atoms with Crippen LogP contribution in [-0.4, -0.2) is 0 Å². The molecule has 0 N–H and O–H groups in total. The highest BCUT2D eigenvalue weighted by atomic mass is 19.2. The van der Waals surface area contributed by atoms with Gasteiger partial charge in [0.1, 0.15) is 5.82 Å². The minimum atomic E-state index is -0.801. The second-order valence-corrected chi connectivity index (χ2v) is 8.63. The molecule has 1 atom stereocenters. The molecule has 158 valence electrons. The predicted octanol–water partition coefficient (Wildman–Crippen LogP) is 8.04. The number of unbranched alkanes of at least 4 members (excludes halogenated alkanes) is 4. The SMILES string of the molecule is CCCCCCCc1ccc2c(F)c(C3CCc4c(ccc(F)c4F)C3)ccc2c1. The predicted molar refractivity (Wildman–Crippen MR) is 117 cm³/mol. The summed E-state index contributed by atoms with van der Waals surface area (Å²) in [6, 6.07) is 12.8. The molecule has 0 fully saturated rings. The van der Waals surface area contributed by atoms with Crippen molar-refractivity contribution in [2.75, 3.05) is 0 Å². The van der Waals surface area contributed by atoms with Crippen LogP contribution in [0, 0.1) is 17.5 Å². The molecule has 1 aliphatic carbocycles. The molecule has 0 aliphatic heterocycles. The Bertz CT molecular complexity index is 1040. The van der Waals surface area contributed by atoms with Crippen molar-refractivity contribution in [2.24, 2.45) is 0 Å². The highest BCUT2D eigenvalue weighted by molar-refractivity contribution is 5.84. The van der Waals surface area contributed by atoms with Crippen LogP contribution < -0.4 is 0 Å². The molecule has 0 saturated carbocycles. The van der Waals surface area contributed by atoms with Crippen molar-refractivity contribution in [1.29, 1.82) is 0 Å². The lowest BCUT2D eigenvalue weighted by atomic mass is 9.79. The van der Waals surface area contributed by atoms with E-state index in [0.717, 1.165) is 17.4 Å². The Kier molecular flexibility index (Phi) is 6.46. The summed E-state index contributed by atoms with van der Waals surface area (Å²) in [6.45, 7) is 2.22. The molecule has 0 saturated heterocycles. The number of aryl methyl sites for hydroxylation is 1. The van der Waals surface area contributed by atoms with Gasteiger partial charge in [0.2, 0.25) is 0 Å². The number of hydrogen-bond donors (Lipinski definition) is 0. The molecule has 1 aliphatic rings. The zero-order valence-corrected chi connectivity index (χ0v) is 17.6. The molecule has 3 heteroatoms. The lowest BCUT2D eigenvalue weighted by Crippen LogP contribution is -2.16. The zero-order valence-electron chi connectivity index (χ0n) is 17.6. The minimum Gasteiger partial charge on any atom is -0.206 e. The maximum atomic E-state index is 15.4. The van der Waals surface area contributed by atoms with E-state index in [4.69, 9.17) is 0 Å². The van der Waals surface area contributed by atoms with E-state index in [1.165, 1.54) is 43.7 Å². The van der Waals surface area contributed by atoms with E-state index in [2.05, 4.69) is 13.0 Å². The van der Waals surface area contributed by atoms with Crippen molar-refractivity contribution in [3.05, 3.63) is 82.2 Å². The van der Waals surface area contributed by atoms with Crippen molar-refractivity contribution >= 4 is 10.8 Å². The molecular formula is C27H29F3. The maximum absolute atomic E-state index is 15.4. The van der Waals surface area contributed by atoms with Gasteiger partial charge in [-0.15, -0.1) is 0 Å². The van der Waals surface area contributed by atoms with Gasteiger partial charge in [0.05, 0.1) is 0 Å². The number of fused-ring (bicyclic) bond motifs is 2. The molecule has 0 aromatic heterocycles. The van der Waals surface area contributed by atoms with E-state index in [0.29, 0.717) is 35.8 Å². The van der Waals surface area contributed by atoms with Gasteiger partial charge >= 0.3 is 0 Å². The first-order valence-electron chi connectivity index (χ1n) is 11.2. The van der Waals surface area contributed by atoms with Crippen LogP contribution in [-0.2, 0) is 19.3 Å². The fourth-order valence-corrected chi connectivity index (χ4v) is 4.81. The average molecular weight is 411 g/mol. The van der Waals surface area contributed by atoms with Gasteiger partial charge in [0, 0.05) is 5.39 Å². The largest absolute Gasteiger partial charge is 0.206 e. The van der Waals surface area contributed by atoms with Gasteiger partial charge in [0.15, 0.2) is 11.6 Å². The third kappa shape index (κ3) is 4.26. The fraction of sp³-hybridized carbons (Fsp3) is 0.407. The molecule has 0 amide bonds. The summed E-state index contributed by atoms with van der Waals surface area (Å²) in [5.74, 6) is -1.72. The van der Waals surface area contributed by atoms with Crippen molar-refractivity contribution < 1.29 is 13.2 Å². The Morgan fingerprint density at radius 3 is 2.53 bits per heavy atom. The summed E-state index contributed by atoms with van der Waals surface area (Å²) in [4.78, 5) is 0. The van der Waals surface area contributed by atoms with Crippen molar-refractivity contribution in [2.45, 2.75) is 70.6 Å². The monoisotopic (exact) mass is 410 g/mol. The highest BCUT2D eigenvalue weighted by Gasteiger charge is 2.26. The molecule has 0 heterocycles. The Balaban J connectivity index is 1.52. The molecule has 0 radical (unpaired) electrons. The molecule has 0 nitrogen and oxygen atoms in total. The first-order valence-corrected chi connectivity index (χ1v) is 11.2. The van der Waals surface area contributed by atoms with E-state index in [1.54, 1.807) is 6.07 Å².